The Morgan fingerprint density at radius 3 is 2.64 bits per heavy atom. The third kappa shape index (κ3) is 1.84. The van der Waals surface area contributed by atoms with Gasteiger partial charge in [0.05, 0.1) is 12.5 Å². The highest BCUT2D eigenvalue weighted by Gasteiger charge is 2.31. The lowest BCUT2D eigenvalue weighted by Gasteiger charge is -2.15. The number of hydrogen-bond donors (Lipinski definition) is 1. The summed E-state index contributed by atoms with van der Waals surface area (Å²) < 4.78 is 0. The first-order chi connectivity index (χ1) is 6.43. The third-order valence-corrected chi connectivity index (χ3v) is 2.42. The van der Waals surface area contributed by atoms with Crippen molar-refractivity contribution >= 4 is 11.8 Å². The largest absolute Gasteiger partial charge is 0.366 e. The second-order valence-corrected chi connectivity index (χ2v) is 3.54. The van der Waals surface area contributed by atoms with Gasteiger partial charge in [-0.05, 0) is 12.5 Å². The van der Waals surface area contributed by atoms with E-state index in [1.54, 1.807) is 11.8 Å². The molecule has 4 heteroatoms. The Balaban J connectivity index is 2.65. The monoisotopic (exact) mass is 194 g/mol. The van der Waals surface area contributed by atoms with Crippen molar-refractivity contribution in [2.45, 2.75) is 6.92 Å². The fourth-order valence-electron chi connectivity index (χ4n) is 1.35. The molecule has 76 valence electrons. The summed E-state index contributed by atoms with van der Waals surface area (Å²) in [6.07, 6.45) is 0. The van der Waals surface area contributed by atoms with Crippen molar-refractivity contribution in [3.05, 3.63) is 24.3 Å². The zero-order valence-electron chi connectivity index (χ0n) is 8.25. The lowest BCUT2D eigenvalue weighted by molar-refractivity contribution is -0.130. The van der Waals surface area contributed by atoms with Crippen molar-refractivity contribution in [2.24, 2.45) is 11.7 Å². The molecular weight excluding hydrogens is 180 g/mol. The summed E-state index contributed by atoms with van der Waals surface area (Å²) >= 11 is 0. The molecule has 4 nitrogen and oxygen atoms in total. The number of amides is 2. The first-order valence-electron chi connectivity index (χ1n) is 4.37. The quantitative estimate of drug-likeness (QED) is 0.510. The Morgan fingerprint density at radius 2 is 2.29 bits per heavy atom. The van der Waals surface area contributed by atoms with E-state index in [2.05, 4.69) is 13.2 Å². The van der Waals surface area contributed by atoms with E-state index in [0.717, 1.165) is 5.57 Å². The summed E-state index contributed by atoms with van der Waals surface area (Å²) in [6, 6.07) is 0. The molecule has 1 unspecified atom stereocenters. The molecule has 0 aromatic heterocycles. The molecule has 1 aliphatic heterocycles. The number of hydrogen-bond acceptors (Lipinski definition) is 2. The van der Waals surface area contributed by atoms with Crippen LogP contribution in [-0.2, 0) is 9.59 Å². The van der Waals surface area contributed by atoms with E-state index < -0.39 is 5.91 Å². The van der Waals surface area contributed by atoms with Crippen LogP contribution in [0.1, 0.15) is 6.92 Å². The topological polar surface area (TPSA) is 63.4 Å². The number of carbonyl (C=O) groups is 2. The molecule has 0 aromatic rings. The molecule has 1 rings (SSSR count). The summed E-state index contributed by atoms with van der Waals surface area (Å²) in [5, 5.41) is 0. The van der Waals surface area contributed by atoms with Crippen LogP contribution in [0, 0.1) is 5.92 Å². The Kier molecular flexibility index (Phi) is 2.74. The van der Waals surface area contributed by atoms with E-state index >= 15 is 0 Å². The molecular formula is C10H14N2O2. The van der Waals surface area contributed by atoms with Gasteiger partial charge in [0, 0.05) is 12.1 Å². The molecule has 2 N–H and O–H groups in total. The van der Waals surface area contributed by atoms with Crippen LogP contribution in [0.2, 0.25) is 0 Å². The van der Waals surface area contributed by atoms with Crippen molar-refractivity contribution in [3.8, 4) is 0 Å². The fraction of sp³-hybridized carbons (Fsp3) is 0.400. The maximum Gasteiger partial charge on any atom is 0.245 e. The van der Waals surface area contributed by atoms with Gasteiger partial charge in [-0.3, -0.25) is 9.59 Å². The molecule has 1 saturated heterocycles. The van der Waals surface area contributed by atoms with E-state index in [0.29, 0.717) is 6.54 Å². The molecule has 0 aromatic carbocycles. The normalized spacial score (nSPS) is 21.5. The molecule has 1 fully saturated rings. The van der Waals surface area contributed by atoms with Crippen LogP contribution in [0.25, 0.3) is 0 Å². The van der Waals surface area contributed by atoms with Crippen LogP contribution in [0.5, 0.6) is 0 Å². The van der Waals surface area contributed by atoms with Crippen molar-refractivity contribution in [1.82, 2.24) is 4.90 Å². The summed E-state index contributed by atoms with van der Waals surface area (Å²) in [5.41, 5.74) is 6.15. The number of nitrogens with zero attached hydrogens (tertiary/aromatic N) is 1. The number of nitrogens with two attached hydrogens (primary N) is 1. The first kappa shape index (κ1) is 10.5. The first-order valence-corrected chi connectivity index (χ1v) is 4.37. The van der Waals surface area contributed by atoms with Crippen LogP contribution in [0.15, 0.2) is 24.3 Å². The molecule has 1 aliphatic rings. The number of rotatable bonds is 3. The van der Waals surface area contributed by atoms with Crippen LogP contribution in [0.4, 0.5) is 0 Å². The molecule has 0 aliphatic carbocycles. The van der Waals surface area contributed by atoms with Gasteiger partial charge in [-0.1, -0.05) is 13.2 Å². The van der Waals surface area contributed by atoms with Gasteiger partial charge in [0.15, 0.2) is 0 Å². The Hall–Kier alpha value is -1.58. The standard InChI is InChI=1S/C10H14N2O2/c1-6-4-12(10(14)8(6)3)5-7(2)9(11)13/h8H,1-2,4-5H2,3H3,(H2,11,13). The number of likely N-dealkylation sites (tertiary alicyclic amines) is 1. The Morgan fingerprint density at radius 1 is 1.71 bits per heavy atom. The van der Waals surface area contributed by atoms with Crippen LogP contribution in [0.3, 0.4) is 0 Å². The predicted molar refractivity (Wildman–Crippen MR) is 53.2 cm³/mol. The molecule has 0 spiro atoms. The fourth-order valence-corrected chi connectivity index (χ4v) is 1.35. The number of carbonyl (C=O) groups excluding carboxylic acids is 2. The maximum atomic E-state index is 11.5. The second kappa shape index (κ2) is 3.65. The average Bonchev–Trinajstić information content (AvgIpc) is 2.33. The molecule has 2 amide bonds. The Labute approximate surface area is 83.1 Å². The zero-order valence-corrected chi connectivity index (χ0v) is 8.25. The molecule has 1 heterocycles. The maximum absolute atomic E-state index is 11.5. The van der Waals surface area contributed by atoms with Crippen LogP contribution >= 0.6 is 0 Å². The van der Waals surface area contributed by atoms with Gasteiger partial charge < -0.3 is 10.6 Å². The van der Waals surface area contributed by atoms with Gasteiger partial charge in [-0.2, -0.15) is 0 Å². The molecule has 0 bridgehead atoms. The van der Waals surface area contributed by atoms with E-state index in [-0.39, 0.29) is 23.9 Å². The van der Waals surface area contributed by atoms with E-state index in [1.807, 2.05) is 0 Å². The smallest absolute Gasteiger partial charge is 0.245 e. The predicted octanol–water partition coefficient (Wildman–Crippen LogP) is 0.0624. The van der Waals surface area contributed by atoms with E-state index in [9.17, 15) is 9.59 Å². The minimum Gasteiger partial charge on any atom is -0.366 e. The summed E-state index contributed by atoms with van der Waals surface area (Å²) in [6.45, 7) is 9.79. The van der Waals surface area contributed by atoms with Gasteiger partial charge in [-0.25, -0.2) is 0 Å². The minimum absolute atomic E-state index is 0.0163. The van der Waals surface area contributed by atoms with Crippen LogP contribution < -0.4 is 5.73 Å². The molecule has 1 atom stereocenters. The lowest BCUT2D eigenvalue weighted by atomic mass is 10.1. The van der Waals surface area contributed by atoms with Gasteiger partial charge >= 0.3 is 0 Å². The van der Waals surface area contributed by atoms with Gasteiger partial charge in [0.1, 0.15) is 0 Å². The average molecular weight is 194 g/mol. The summed E-state index contributed by atoms with van der Waals surface area (Å²) in [7, 11) is 0. The molecule has 0 saturated carbocycles. The highest BCUT2D eigenvalue weighted by Crippen LogP contribution is 2.22. The second-order valence-electron chi connectivity index (χ2n) is 3.54. The van der Waals surface area contributed by atoms with Crippen molar-refractivity contribution < 1.29 is 9.59 Å². The van der Waals surface area contributed by atoms with Gasteiger partial charge in [0.25, 0.3) is 0 Å². The Bertz CT molecular complexity index is 320. The lowest BCUT2D eigenvalue weighted by Crippen LogP contribution is -2.32. The van der Waals surface area contributed by atoms with Gasteiger partial charge in [-0.15, -0.1) is 0 Å². The molecule has 0 radical (unpaired) electrons. The summed E-state index contributed by atoms with van der Waals surface area (Å²) in [4.78, 5) is 23.8. The zero-order chi connectivity index (χ0) is 10.9. The van der Waals surface area contributed by atoms with Crippen molar-refractivity contribution in [1.29, 1.82) is 0 Å². The highest BCUT2D eigenvalue weighted by molar-refractivity contribution is 5.93. The van der Waals surface area contributed by atoms with Crippen molar-refractivity contribution in [2.75, 3.05) is 13.1 Å². The molecule has 14 heavy (non-hydrogen) atoms. The highest BCUT2D eigenvalue weighted by atomic mass is 16.2. The van der Waals surface area contributed by atoms with Crippen molar-refractivity contribution in [3.63, 3.8) is 0 Å². The van der Waals surface area contributed by atoms with Crippen LogP contribution in [-0.4, -0.2) is 29.8 Å². The number of primary amides is 1. The third-order valence-electron chi connectivity index (χ3n) is 2.42. The van der Waals surface area contributed by atoms with E-state index in [4.69, 9.17) is 5.73 Å². The SMILES string of the molecule is C=C(CN1CC(=C)C(C)C1=O)C(N)=O. The van der Waals surface area contributed by atoms with Gasteiger partial charge in [0.2, 0.25) is 11.8 Å². The summed E-state index contributed by atoms with van der Waals surface area (Å²) in [5.74, 6) is -0.740. The minimum atomic E-state index is -0.567. The van der Waals surface area contributed by atoms with E-state index in [1.165, 1.54) is 0 Å².